The van der Waals surface area contributed by atoms with E-state index in [1.807, 2.05) is 0 Å². The first kappa shape index (κ1) is 18.3. The maximum absolute atomic E-state index is 12.7. The molecule has 26 heavy (non-hydrogen) atoms. The summed E-state index contributed by atoms with van der Waals surface area (Å²) in [6.07, 6.45) is 4.17. The monoisotopic (exact) mass is 370 g/mol. The zero-order chi connectivity index (χ0) is 18.7. The zero-order valence-corrected chi connectivity index (χ0v) is 16.0. The van der Waals surface area contributed by atoms with Gasteiger partial charge in [0.05, 0.1) is 19.8 Å². The van der Waals surface area contributed by atoms with Crippen LogP contribution in [0.4, 0.5) is 5.00 Å². The SMILES string of the molecule is CCC1CCc2c(sc(NC(=O)c3ccc(OC)c(OC)c3)c2C#N)C1. The van der Waals surface area contributed by atoms with Crippen LogP contribution in [0.2, 0.25) is 0 Å². The number of hydrogen-bond donors (Lipinski definition) is 1. The molecule has 1 N–H and O–H groups in total. The highest BCUT2D eigenvalue weighted by Crippen LogP contribution is 2.40. The Labute approximate surface area is 157 Å². The fraction of sp³-hybridized carbons (Fsp3) is 0.400. The van der Waals surface area contributed by atoms with E-state index in [1.165, 1.54) is 23.3 Å². The van der Waals surface area contributed by atoms with Crippen molar-refractivity contribution in [3.8, 4) is 17.6 Å². The molecule has 3 rings (SSSR count). The Kier molecular flexibility index (Phi) is 5.48. The van der Waals surface area contributed by atoms with Crippen molar-refractivity contribution in [2.45, 2.75) is 32.6 Å². The molecule has 1 atom stereocenters. The molecule has 0 spiro atoms. The molecule has 1 aliphatic rings. The number of hydrogen-bond acceptors (Lipinski definition) is 5. The van der Waals surface area contributed by atoms with Crippen LogP contribution in [0.25, 0.3) is 0 Å². The summed E-state index contributed by atoms with van der Waals surface area (Å²) in [6, 6.07) is 7.31. The highest BCUT2D eigenvalue weighted by molar-refractivity contribution is 7.16. The molecule has 0 radical (unpaired) electrons. The topological polar surface area (TPSA) is 71.3 Å². The molecule has 0 aliphatic heterocycles. The van der Waals surface area contributed by atoms with E-state index in [0.29, 0.717) is 33.5 Å². The molecule has 1 heterocycles. The standard InChI is InChI=1S/C20H22N2O3S/c1-4-12-5-7-14-15(11-21)20(26-18(14)9-12)22-19(23)13-6-8-16(24-2)17(10-13)25-3/h6,8,10,12H,4-5,7,9H2,1-3H3,(H,22,23). The number of benzene rings is 1. The fourth-order valence-electron chi connectivity index (χ4n) is 3.36. The summed E-state index contributed by atoms with van der Waals surface area (Å²) in [4.78, 5) is 13.9. The second kappa shape index (κ2) is 7.79. The predicted molar refractivity (Wildman–Crippen MR) is 102 cm³/mol. The van der Waals surface area contributed by atoms with Crippen LogP contribution in [-0.4, -0.2) is 20.1 Å². The molecule has 1 aliphatic carbocycles. The number of rotatable bonds is 5. The lowest BCUT2D eigenvalue weighted by atomic mass is 9.86. The van der Waals surface area contributed by atoms with Crippen LogP contribution >= 0.6 is 11.3 Å². The van der Waals surface area contributed by atoms with Crippen LogP contribution in [-0.2, 0) is 12.8 Å². The van der Waals surface area contributed by atoms with Gasteiger partial charge in [0, 0.05) is 10.4 Å². The quantitative estimate of drug-likeness (QED) is 0.846. The van der Waals surface area contributed by atoms with Crippen molar-refractivity contribution in [3.05, 3.63) is 39.8 Å². The number of amides is 1. The second-order valence-electron chi connectivity index (χ2n) is 6.36. The van der Waals surface area contributed by atoms with E-state index in [1.54, 1.807) is 25.3 Å². The number of nitrogens with one attached hydrogen (secondary N) is 1. The van der Waals surface area contributed by atoms with E-state index < -0.39 is 0 Å². The van der Waals surface area contributed by atoms with Gasteiger partial charge in [-0.2, -0.15) is 5.26 Å². The van der Waals surface area contributed by atoms with Crippen LogP contribution < -0.4 is 14.8 Å². The van der Waals surface area contributed by atoms with Crippen molar-refractivity contribution in [2.75, 3.05) is 19.5 Å². The average molecular weight is 370 g/mol. The van der Waals surface area contributed by atoms with Gasteiger partial charge in [0.2, 0.25) is 0 Å². The number of methoxy groups -OCH3 is 2. The summed E-state index contributed by atoms with van der Waals surface area (Å²) < 4.78 is 10.5. The Morgan fingerprint density at radius 2 is 2.12 bits per heavy atom. The Hall–Kier alpha value is -2.52. The van der Waals surface area contributed by atoms with Gasteiger partial charge in [0.25, 0.3) is 5.91 Å². The minimum atomic E-state index is -0.256. The lowest BCUT2D eigenvalue weighted by Gasteiger charge is -2.20. The number of fused-ring (bicyclic) bond motifs is 1. The summed E-state index contributed by atoms with van der Waals surface area (Å²) >= 11 is 1.54. The molecular weight excluding hydrogens is 348 g/mol. The van der Waals surface area contributed by atoms with Gasteiger partial charge in [-0.1, -0.05) is 13.3 Å². The average Bonchev–Trinajstić information content (AvgIpc) is 3.02. The number of carbonyl (C=O) groups is 1. The molecule has 0 saturated carbocycles. The normalized spacial score (nSPS) is 15.7. The third-order valence-corrected chi connectivity index (χ3v) is 6.10. The first-order valence-electron chi connectivity index (χ1n) is 8.69. The van der Waals surface area contributed by atoms with Crippen LogP contribution in [0.1, 0.15) is 46.1 Å². The molecule has 1 unspecified atom stereocenters. The number of thiophene rings is 1. The van der Waals surface area contributed by atoms with E-state index in [2.05, 4.69) is 18.3 Å². The summed E-state index contributed by atoms with van der Waals surface area (Å²) in [5, 5.41) is 13.2. The van der Waals surface area contributed by atoms with E-state index in [0.717, 1.165) is 31.2 Å². The molecule has 0 bridgehead atoms. The van der Waals surface area contributed by atoms with Gasteiger partial charge in [-0.15, -0.1) is 11.3 Å². The zero-order valence-electron chi connectivity index (χ0n) is 15.2. The van der Waals surface area contributed by atoms with Crippen molar-refractivity contribution < 1.29 is 14.3 Å². The summed E-state index contributed by atoms with van der Waals surface area (Å²) in [5.74, 6) is 1.48. The maximum Gasteiger partial charge on any atom is 0.256 e. The summed E-state index contributed by atoms with van der Waals surface area (Å²) in [5.41, 5.74) is 2.20. The van der Waals surface area contributed by atoms with Crippen LogP contribution in [0.15, 0.2) is 18.2 Å². The lowest BCUT2D eigenvalue weighted by Crippen LogP contribution is -2.13. The van der Waals surface area contributed by atoms with Crippen molar-refractivity contribution >= 4 is 22.2 Å². The molecule has 1 amide bonds. The molecule has 1 aromatic carbocycles. The van der Waals surface area contributed by atoms with E-state index in [9.17, 15) is 10.1 Å². The smallest absolute Gasteiger partial charge is 0.256 e. The van der Waals surface area contributed by atoms with Crippen LogP contribution in [0, 0.1) is 17.2 Å². The predicted octanol–water partition coefficient (Wildman–Crippen LogP) is 4.40. The molecule has 1 aromatic heterocycles. The molecule has 136 valence electrons. The Morgan fingerprint density at radius 1 is 1.35 bits per heavy atom. The molecule has 0 fully saturated rings. The van der Waals surface area contributed by atoms with Crippen LogP contribution in [0.5, 0.6) is 11.5 Å². The third-order valence-electron chi connectivity index (χ3n) is 4.93. The Balaban J connectivity index is 1.86. The number of ether oxygens (including phenoxy) is 2. The Morgan fingerprint density at radius 3 is 2.77 bits per heavy atom. The van der Waals surface area contributed by atoms with Crippen molar-refractivity contribution in [3.63, 3.8) is 0 Å². The first-order chi connectivity index (χ1) is 12.6. The van der Waals surface area contributed by atoms with Gasteiger partial charge >= 0.3 is 0 Å². The van der Waals surface area contributed by atoms with Crippen LogP contribution in [0.3, 0.4) is 0 Å². The molecule has 2 aromatic rings. The van der Waals surface area contributed by atoms with Gasteiger partial charge in [0.1, 0.15) is 11.1 Å². The molecule has 5 nitrogen and oxygen atoms in total. The van der Waals surface area contributed by atoms with Gasteiger partial charge in [-0.25, -0.2) is 0 Å². The first-order valence-corrected chi connectivity index (χ1v) is 9.50. The highest BCUT2D eigenvalue weighted by atomic mass is 32.1. The summed E-state index contributed by atoms with van der Waals surface area (Å²) in [6.45, 7) is 2.20. The van der Waals surface area contributed by atoms with Crippen molar-refractivity contribution in [2.24, 2.45) is 5.92 Å². The van der Waals surface area contributed by atoms with Gasteiger partial charge in [0.15, 0.2) is 11.5 Å². The minimum absolute atomic E-state index is 0.256. The fourth-order valence-corrected chi connectivity index (χ4v) is 4.67. The number of nitrogens with zero attached hydrogens (tertiary/aromatic N) is 1. The third kappa shape index (κ3) is 3.40. The molecule has 6 heteroatoms. The number of nitriles is 1. The summed E-state index contributed by atoms with van der Waals surface area (Å²) in [7, 11) is 3.08. The van der Waals surface area contributed by atoms with Crippen molar-refractivity contribution in [1.82, 2.24) is 0 Å². The molecule has 0 saturated heterocycles. The largest absolute Gasteiger partial charge is 0.493 e. The van der Waals surface area contributed by atoms with E-state index in [-0.39, 0.29) is 5.91 Å². The van der Waals surface area contributed by atoms with E-state index >= 15 is 0 Å². The second-order valence-corrected chi connectivity index (χ2v) is 7.47. The minimum Gasteiger partial charge on any atom is -0.493 e. The molecular formula is C20H22N2O3S. The van der Waals surface area contributed by atoms with Gasteiger partial charge in [-0.3, -0.25) is 4.79 Å². The van der Waals surface area contributed by atoms with Crippen molar-refractivity contribution in [1.29, 1.82) is 5.26 Å². The Bertz CT molecular complexity index is 867. The van der Waals surface area contributed by atoms with Gasteiger partial charge < -0.3 is 14.8 Å². The number of anilines is 1. The maximum atomic E-state index is 12.7. The highest BCUT2D eigenvalue weighted by Gasteiger charge is 2.26. The number of carbonyl (C=O) groups excluding carboxylic acids is 1. The lowest BCUT2D eigenvalue weighted by molar-refractivity contribution is 0.102. The van der Waals surface area contributed by atoms with E-state index in [4.69, 9.17) is 9.47 Å². The van der Waals surface area contributed by atoms with Gasteiger partial charge in [-0.05, 0) is 48.9 Å².